The third-order valence-electron chi connectivity index (χ3n) is 3.79. The van der Waals surface area contributed by atoms with Crippen molar-refractivity contribution in [1.29, 1.82) is 0 Å². The van der Waals surface area contributed by atoms with Gasteiger partial charge in [0, 0.05) is 5.56 Å². The summed E-state index contributed by atoms with van der Waals surface area (Å²) in [6, 6.07) is 13.7. The Kier molecular flexibility index (Phi) is 7.63. The third kappa shape index (κ3) is 5.69. The highest BCUT2D eigenvalue weighted by Crippen LogP contribution is 2.35. The number of carbonyl (C=O) groups excluding carboxylic acids is 1. The largest absolute Gasteiger partial charge is 0.490 e. The number of rotatable bonds is 8. The van der Waals surface area contributed by atoms with Crippen molar-refractivity contribution in [3.63, 3.8) is 0 Å². The van der Waals surface area contributed by atoms with Gasteiger partial charge in [0.2, 0.25) is 0 Å². The van der Waals surface area contributed by atoms with E-state index in [9.17, 15) is 4.79 Å². The molecule has 0 unspecified atom stereocenters. The zero-order valence-electron chi connectivity index (χ0n) is 15.8. The number of amides is 1. The van der Waals surface area contributed by atoms with Crippen LogP contribution in [0.5, 0.6) is 11.5 Å². The molecule has 0 aliphatic carbocycles. The second-order valence-corrected chi connectivity index (χ2v) is 7.13. The Hall–Kier alpha value is -2.67. The summed E-state index contributed by atoms with van der Waals surface area (Å²) in [5, 5.41) is 4.98. The van der Waals surface area contributed by atoms with E-state index in [-0.39, 0.29) is 6.61 Å². The number of hydrogen-bond acceptors (Lipinski definition) is 5. The molecule has 1 N–H and O–H groups in total. The molecule has 3 aromatic rings. The van der Waals surface area contributed by atoms with Crippen LogP contribution < -0.4 is 14.9 Å². The fourth-order valence-corrected chi connectivity index (χ4v) is 3.11. The van der Waals surface area contributed by atoms with Gasteiger partial charge in [0.05, 0.1) is 27.9 Å². The molecule has 0 atom stereocenters. The molecule has 0 bridgehead atoms. The Morgan fingerprint density at radius 2 is 1.73 bits per heavy atom. The lowest BCUT2D eigenvalue weighted by Gasteiger charge is -2.10. The van der Waals surface area contributed by atoms with Crippen LogP contribution in [0.15, 0.2) is 58.0 Å². The molecular formula is C21H17Cl3N2O4. The number of carbonyl (C=O) groups is 1. The highest BCUT2D eigenvalue weighted by atomic mass is 35.5. The van der Waals surface area contributed by atoms with E-state index < -0.39 is 5.91 Å². The highest BCUT2D eigenvalue weighted by Gasteiger charge is 2.12. The van der Waals surface area contributed by atoms with Crippen LogP contribution >= 0.6 is 34.8 Å². The Morgan fingerprint density at radius 3 is 2.47 bits per heavy atom. The van der Waals surface area contributed by atoms with Gasteiger partial charge in [-0.25, -0.2) is 5.43 Å². The van der Waals surface area contributed by atoms with Gasteiger partial charge in [0.1, 0.15) is 11.5 Å². The summed E-state index contributed by atoms with van der Waals surface area (Å²) < 4.78 is 16.6. The average molecular weight is 468 g/mol. The maximum absolute atomic E-state index is 12.0. The van der Waals surface area contributed by atoms with Gasteiger partial charge >= 0.3 is 0 Å². The molecule has 9 heteroatoms. The van der Waals surface area contributed by atoms with Crippen molar-refractivity contribution in [2.75, 3.05) is 13.2 Å². The number of hydrazone groups is 1. The maximum atomic E-state index is 12.0. The van der Waals surface area contributed by atoms with Crippen LogP contribution in [-0.2, 0) is 4.79 Å². The second kappa shape index (κ2) is 10.4. The average Bonchev–Trinajstić information content (AvgIpc) is 3.19. The summed E-state index contributed by atoms with van der Waals surface area (Å²) in [5.74, 6) is 1.52. The van der Waals surface area contributed by atoms with Crippen molar-refractivity contribution in [3.8, 4) is 22.8 Å². The van der Waals surface area contributed by atoms with Crippen molar-refractivity contribution >= 4 is 46.9 Å². The van der Waals surface area contributed by atoms with Crippen molar-refractivity contribution < 1.29 is 18.7 Å². The summed E-state index contributed by atoms with van der Waals surface area (Å²) in [4.78, 5) is 12.0. The van der Waals surface area contributed by atoms with E-state index in [0.717, 1.165) is 0 Å². The molecule has 156 valence electrons. The number of para-hydroxylation sites is 2. The first-order chi connectivity index (χ1) is 14.5. The molecule has 1 aromatic heterocycles. The maximum Gasteiger partial charge on any atom is 0.277 e. The normalized spacial score (nSPS) is 10.9. The van der Waals surface area contributed by atoms with Crippen molar-refractivity contribution in [1.82, 2.24) is 5.43 Å². The van der Waals surface area contributed by atoms with Gasteiger partial charge in [-0.05, 0) is 43.3 Å². The van der Waals surface area contributed by atoms with Gasteiger partial charge in [-0.2, -0.15) is 5.10 Å². The minimum atomic E-state index is -0.433. The van der Waals surface area contributed by atoms with E-state index in [1.807, 2.05) is 13.0 Å². The Bertz CT molecular complexity index is 1070. The lowest BCUT2D eigenvalue weighted by molar-refractivity contribution is -0.123. The Labute approximate surface area is 188 Å². The minimum Gasteiger partial charge on any atom is -0.490 e. The molecule has 0 saturated carbocycles. The third-order valence-corrected chi connectivity index (χ3v) is 4.83. The Morgan fingerprint density at radius 1 is 1.03 bits per heavy atom. The van der Waals surface area contributed by atoms with E-state index in [1.165, 1.54) is 6.21 Å². The first-order valence-electron chi connectivity index (χ1n) is 8.89. The van der Waals surface area contributed by atoms with Gasteiger partial charge < -0.3 is 13.9 Å². The zero-order valence-corrected chi connectivity index (χ0v) is 18.1. The summed E-state index contributed by atoms with van der Waals surface area (Å²) in [5.41, 5.74) is 2.96. The number of furan rings is 1. The predicted octanol–water partition coefficient (Wildman–Crippen LogP) is 5.83. The van der Waals surface area contributed by atoms with Gasteiger partial charge in [-0.1, -0.05) is 46.9 Å². The fraction of sp³-hybridized carbons (Fsp3) is 0.143. The number of halogens is 3. The number of benzene rings is 2. The molecule has 0 saturated heterocycles. The SMILES string of the molecule is CCOc1ccccc1OCC(=O)NN=Cc1ccc(-c2cc(Cl)c(Cl)cc2Cl)o1. The minimum absolute atomic E-state index is 0.219. The van der Waals surface area contributed by atoms with Gasteiger partial charge in [0.15, 0.2) is 18.1 Å². The quantitative estimate of drug-likeness (QED) is 0.257. The lowest BCUT2D eigenvalue weighted by atomic mass is 10.2. The summed E-state index contributed by atoms with van der Waals surface area (Å²) in [6.45, 7) is 2.15. The summed E-state index contributed by atoms with van der Waals surface area (Å²) in [6.07, 6.45) is 1.36. The number of nitrogens with one attached hydrogen (secondary N) is 1. The molecule has 1 amide bonds. The topological polar surface area (TPSA) is 73.1 Å². The molecule has 3 rings (SSSR count). The summed E-state index contributed by atoms with van der Waals surface area (Å²) in [7, 11) is 0. The Balaban J connectivity index is 1.56. The molecular weight excluding hydrogens is 451 g/mol. The monoisotopic (exact) mass is 466 g/mol. The molecule has 0 radical (unpaired) electrons. The van der Waals surface area contributed by atoms with E-state index in [4.69, 9.17) is 48.7 Å². The van der Waals surface area contributed by atoms with Gasteiger partial charge in [-0.3, -0.25) is 4.79 Å². The first kappa shape index (κ1) is 22.0. The molecule has 0 aliphatic heterocycles. The molecule has 1 heterocycles. The number of hydrogen-bond donors (Lipinski definition) is 1. The van der Waals surface area contributed by atoms with E-state index >= 15 is 0 Å². The van der Waals surface area contributed by atoms with E-state index in [0.29, 0.717) is 50.3 Å². The second-order valence-electron chi connectivity index (χ2n) is 5.91. The number of ether oxygens (including phenoxy) is 2. The van der Waals surface area contributed by atoms with Crippen LogP contribution in [0, 0.1) is 0 Å². The van der Waals surface area contributed by atoms with Gasteiger partial charge in [-0.15, -0.1) is 0 Å². The van der Waals surface area contributed by atoms with Crippen molar-refractivity contribution in [3.05, 3.63) is 69.4 Å². The van der Waals surface area contributed by atoms with E-state index in [1.54, 1.807) is 42.5 Å². The van der Waals surface area contributed by atoms with Crippen molar-refractivity contribution in [2.45, 2.75) is 6.92 Å². The van der Waals surface area contributed by atoms with Crippen molar-refractivity contribution in [2.24, 2.45) is 5.10 Å². The molecule has 2 aromatic carbocycles. The van der Waals surface area contributed by atoms with Crippen LogP contribution in [0.2, 0.25) is 15.1 Å². The van der Waals surface area contributed by atoms with Gasteiger partial charge in [0.25, 0.3) is 5.91 Å². The predicted molar refractivity (Wildman–Crippen MR) is 118 cm³/mol. The summed E-state index contributed by atoms with van der Waals surface area (Å²) >= 11 is 18.2. The lowest BCUT2D eigenvalue weighted by Crippen LogP contribution is -2.24. The zero-order chi connectivity index (χ0) is 21.5. The standard InChI is InChI=1S/C21H17Cl3N2O4/c1-2-28-19-5-3-4-6-20(19)29-12-21(27)26-25-11-13-7-8-18(30-13)14-9-16(23)17(24)10-15(14)22/h3-11H,2,12H2,1H3,(H,26,27). The molecule has 0 fully saturated rings. The fourth-order valence-electron chi connectivity index (χ4n) is 2.47. The van der Waals surface area contributed by atoms with E-state index in [2.05, 4.69) is 10.5 Å². The highest BCUT2D eigenvalue weighted by molar-refractivity contribution is 6.44. The van der Waals surface area contributed by atoms with Crippen LogP contribution in [-0.4, -0.2) is 25.3 Å². The van der Waals surface area contributed by atoms with Crippen LogP contribution in [0.3, 0.4) is 0 Å². The molecule has 6 nitrogen and oxygen atoms in total. The smallest absolute Gasteiger partial charge is 0.277 e. The molecule has 0 aliphatic rings. The molecule has 0 spiro atoms. The number of nitrogens with zero attached hydrogens (tertiary/aromatic N) is 1. The van der Waals surface area contributed by atoms with Crippen LogP contribution in [0.1, 0.15) is 12.7 Å². The molecule has 30 heavy (non-hydrogen) atoms. The first-order valence-corrected chi connectivity index (χ1v) is 10.0. The van der Waals surface area contributed by atoms with Crippen LogP contribution in [0.4, 0.5) is 0 Å². The van der Waals surface area contributed by atoms with Crippen LogP contribution in [0.25, 0.3) is 11.3 Å².